The smallest absolute Gasteiger partial charge is 0.207 e. The molecule has 1 heterocycles. The van der Waals surface area contributed by atoms with E-state index in [9.17, 15) is 0 Å². The molecule has 0 saturated carbocycles. The maximum atomic E-state index is 5.27. The summed E-state index contributed by atoms with van der Waals surface area (Å²) in [7, 11) is 1.69. The van der Waals surface area contributed by atoms with Gasteiger partial charge in [-0.25, -0.2) is 4.98 Å². The molecule has 1 aromatic carbocycles. The summed E-state index contributed by atoms with van der Waals surface area (Å²) in [5.74, 6) is 1.76. The molecule has 0 aliphatic carbocycles. The van der Waals surface area contributed by atoms with E-state index in [1.165, 1.54) is 0 Å². The Bertz CT molecular complexity index is 532. The third-order valence-corrected chi connectivity index (χ3v) is 2.72. The van der Waals surface area contributed by atoms with Crippen LogP contribution in [0.4, 0.5) is 5.95 Å². The van der Waals surface area contributed by atoms with Crippen LogP contribution in [0.5, 0.6) is 5.75 Å². The van der Waals surface area contributed by atoms with E-state index in [-0.39, 0.29) is 0 Å². The van der Waals surface area contributed by atoms with Crippen molar-refractivity contribution in [1.29, 1.82) is 0 Å². The average Bonchev–Trinajstić information content (AvgIpc) is 2.76. The highest BCUT2D eigenvalue weighted by molar-refractivity contribution is 5.48. The van der Waals surface area contributed by atoms with Gasteiger partial charge in [0.05, 0.1) is 7.11 Å². The molecule has 0 atom stereocenters. The Morgan fingerprint density at radius 1 is 1.33 bits per heavy atom. The Balaban J connectivity index is 2.37. The second kappa shape index (κ2) is 5.12. The highest BCUT2D eigenvalue weighted by Crippen LogP contribution is 2.22. The molecule has 4 heteroatoms. The Morgan fingerprint density at radius 2 is 2.11 bits per heavy atom. The van der Waals surface area contributed by atoms with Crippen LogP contribution in [0.25, 0.3) is 5.69 Å². The number of hydrogen-bond donors (Lipinski definition) is 1. The predicted molar refractivity (Wildman–Crippen MR) is 73.6 cm³/mol. The van der Waals surface area contributed by atoms with Crippen molar-refractivity contribution in [3.05, 3.63) is 36.2 Å². The van der Waals surface area contributed by atoms with Crippen molar-refractivity contribution in [2.24, 2.45) is 0 Å². The molecule has 0 saturated heterocycles. The largest absolute Gasteiger partial charge is 0.496 e. The van der Waals surface area contributed by atoms with E-state index in [1.54, 1.807) is 13.3 Å². The molecule has 0 aliphatic rings. The topological polar surface area (TPSA) is 39.1 Å². The zero-order chi connectivity index (χ0) is 13.1. The first-order valence-corrected chi connectivity index (χ1v) is 6.06. The van der Waals surface area contributed by atoms with Gasteiger partial charge in [-0.3, -0.25) is 4.57 Å². The summed E-state index contributed by atoms with van der Waals surface area (Å²) in [5.41, 5.74) is 2.19. The maximum absolute atomic E-state index is 5.27. The molecular formula is C14H19N3O. The lowest BCUT2D eigenvalue weighted by Crippen LogP contribution is -2.13. The fourth-order valence-electron chi connectivity index (χ4n) is 1.89. The van der Waals surface area contributed by atoms with Gasteiger partial charge in [0.2, 0.25) is 5.95 Å². The van der Waals surface area contributed by atoms with Crippen LogP contribution < -0.4 is 10.1 Å². The van der Waals surface area contributed by atoms with Crippen molar-refractivity contribution < 1.29 is 4.74 Å². The Kier molecular flexibility index (Phi) is 3.55. The van der Waals surface area contributed by atoms with Crippen LogP contribution in [-0.4, -0.2) is 22.7 Å². The lowest BCUT2D eigenvalue weighted by molar-refractivity contribution is 0.411. The van der Waals surface area contributed by atoms with Crippen LogP contribution in [0.2, 0.25) is 0 Å². The van der Waals surface area contributed by atoms with Gasteiger partial charge in [-0.05, 0) is 44.5 Å². The summed E-state index contributed by atoms with van der Waals surface area (Å²) < 4.78 is 7.31. The summed E-state index contributed by atoms with van der Waals surface area (Å²) in [6, 6.07) is 6.44. The van der Waals surface area contributed by atoms with E-state index >= 15 is 0 Å². The number of rotatable bonds is 4. The second-order valence-corrected chi connectivity index (χ2v) is 4.57. The van der Waals surface area contributed by atoms with Crippen molar-refractivity contribution >= 4 is 5.95 Å². The molecule has 0 spiro atoms. The highest BCUT2D eigenvalue weighted by Gasteiger charge is 2.07. The number of methoxy groups -OCH3 is 1. The normalized spacial score (nSPS) is 10.7. The number of ether oxygens (including phenoxy) is 1. The number of aryl methyl sites for hydroxylation is 1. The Hall–Kier alpha value is -1.97. The maximum Gasteiger partial charge on any atom is 0.207 e. The first kappa shape index (κ1) is 12.5. The minimum absolute atomic E-state index is 0.352. The van der Waals surface area contributed by atoms with Gasteiger partial charge in [-0.1, -0.05) is 0 Å². The standard InChI is InChI=1S/C14H19N3O/c1-10(2)16-14-15-7-8-17(14)12-5-6-13(18-4)11(3)9-12/h5-10H,1-4H3,(H,15,16). The molecule has 4 nitrogen and oxygen atoms in total. The molecule has 96 valence electrons. The van der Waals surface area contributed by atoms with Gasteiger partial charge in [-0.15, -0.1) is 0 Å². The van der Waals surface area contributed by atoms with Crippen molar-refractivity contribution in [3.8, 4) is 11.4 Å². The number of aromatic nitrogens is 2. The number of anilines is 1. The molecule has 1 aromatic heterocycles. The molecule has 0 radical (unpaired) electrons. The van der Waals surface area contributed by atoms with Gasteiger partial charge in [-0.2, -0.15) is 0 Å². The van der Waals surface area contributed by atoms with Gasteiger partial charge in [0.15, 0.2) is 0 Å². The molecule has 2 aromatic rings. The van der Waals surface area contributed by atoms with Crippen molar-refractivity contribution in [2.45, 2.75) is 26.8 Å². The van der Waals surface area contributed by atoms with E-state index in [0.29, 0.717) is 6.04 Å². The van der Waals surface area contributed by atoms with Crippen LogP contribution in [-0.2, 0) is 0 Å². The quantitative estimate of drug-likeness (QED) is 0.900. The monoisotopic (exact) mass is 245 g/mol. The third kappa shape index (κ3) is 2.47. The van der Waals surface area contributed by atoms with Crippen LogP contribution in [0.3, 0.4) is 0 Å². The number of hydrogen-bond acceptors (Lipinski definition) is 3. The molecule has 1 N–H and O–H groups in total. The second-order valence-electron chi connectivity index (χ2n) is 4.57. The third-order valence-electron chi connectivity index (χ3n) is 2.72. The first-order valence-electron chi connectivity index (χ1n) is 6.06. The summed E-state index contributed by atoms with van der Waals surface area (Å²) in [4.78, 5) is 4.33. The van der Waals surface area contributed by atoms with E-state index in [2.05, 4.69) is 30.2 Å². The SMILES string of the molecule is COc1ccc(-n2ccnc2NC(C)C)cc1C. The zero-order valence-corrected chi connectivity index (χ0v) is 11.3. The summed E-state index contributed by atoms with van der Waals surface area (Å²) in [5, 5.41) is 3.32. The predicted octanol–water partition coefficient (Wildman–Crippen LogP) is 3.01. The molecule has 0 amide bonds. The first-order chi connectivity index (χ1) is 8.61. The van der Waals surface area contributed by atoms with Gasteiger partial charge in [0, 0.05) is 24.1 Å². The summed E-state index contributed by atoms with van der Waals surface area (Å²) >= 11 is 0. The van der Waals surface area contributed by atoms with Crippen LogP contribution in [0.15, 0.2) is 30.6 Å². The van der Waals surface area contributed by atoms with Crippen molar-refractivity contribution in [3.63, 3.8) is 0 Å². The van der Waals surface area contributed by atoms with Crippen LogP contribution >= 0.6 is 0 Å². The molecule has 18 heavy (non-hydrogen) atoms. The summed E-state index contributed by atoms with van der Waals surface area (Å²) in [6.45, 7) is 6.23. The summed E-state index contributed by atoms with van der Waals surface area (Å²) in [6.07, 6.45) is 3.75. The number of benzene rings is 1. The Morgan fingerprint density at radius 3 is 2.72 bits per heavy atom. The fraction of sp³-hybridized carbons (Fsp3) is 0.357. The number of nitrogens with zero attached hydrogens (tertiary/aromatic N) is 2. The highest BCUT2D eigenvalue weighted by atomic mass is 16.5. The molecule has 0 unspecified atom stereocenters. The van der Waals surface area contributed by atoms with E-state index < -0.39 is 0 Å². The number of imidazole rings is 1. The van der Waals surface area contributed by atoms with Crippen molar-refractivity contribution in [2.75, 3.05) is 12.4 Å². The van der Waals surface area contributed by atoms with Gasteiger partial charge in [0.1, 0.15) is 5.75 Å². The molecule has 0 aliphatic heterocycles. The molecule has 0 bridgehead atoms. The lowest BCUT2D eigenvalue weighted by atomic mass is 10.2. The lowest BCUT2D eigenvalue weighted by Gasteiger charge is -2.13. The van der Waals surface area contributed by atoms with Gasteiger partial charge in [0.25, 0.3) is 0 Å². The zero-order valence-electron chi connectivity index (χ0n) is 11.3. The number of nitrogens with one attached hydrogen (secondary N) is 1. The minimum Gasteiger partial charge on any atom is -0.496 e. The average molecular weight is 245 g/mol. The van der Waals surface area contributed by atoms with E-state index in [4.69, 9.17) is 4.74 Å². The molecule has 0 fully saturated rings. The van der Waals surface area contributed by atoms with Crippen LogP contribution in [0, 0.1) is 6.92 Å². The molecular weight excluding hydrogens is 226 g/mol. The Labute approximate surface area is 108 Å². The fourth-order valence-corrected chi connectivity index (χ4v) is 1.89. The van der Waals surface area contributed by atoms with Crippen LogP contribution in [0.1, 0.15) is 19.4 Å². The van der Waals surface area contributed by atoms with Gasteiger partial charge < -0.3 is 10.1 Å². The van der Waals surface area contributed by atoms with Gasteiger partial charge >= 0.3 is 0 Å². The minimum atomic E-state index is 0.352. The van der Waals surface area contributed by atoms with Crippen molar-refractivity contribution in [1.82, 2.24) is 9.55 Å². The van der Waals surface area contributed by atoms with E-state index in [1.807, 2.05) is 29.8 Å². The molecule has 2 rings (SSSR count). The van der Waals surface area contributed by atoms with E-state index in [0.717, 1.165) is 22.9 Å².